The number of rotatable bonds is 2. The lowest BCUT2D eigenvalue weighted by Gasteiger charge is -2.10. The summed E-state index contributed by atoms with van der Waals surface area (Å²) >= 11 is 0. The molecule has 0 aliphatic heterocycles. The van der Waals surface area contributed by atoms with E-state index in [1.165, 1.54) is 12.3 Å². The molecule has 1 aromatic heterocycles. The van der Waals surface area contributed by atoms with Crippen LogP contribution in [0.15, 0.2) is 42.6 Å². The minimum absolute atomic E-state index is 0.0619. The van der Waals surface area contributed by atoms with Gasteiger partial charge in [-0.1, -0.05) is 18.2 Å². The molecule has 0 bridgehead atoms. The van der Waals surface area contributed by atoms with Crippen LogP contribution in [0, 0.1) is 11.3 Å². The van der Waals surface area contributed by atoms with Crippen LogP contribution in [0.3, 0.4) is 0 Å². The third-order valence-electron chi connectivity index (χ3n) is 2.64. The molecule has 0 spiro atoms. The maximum Gasteiger partial charge on any atom is 0.416 e. The molecule has 19 heavy (non-hydrogen) atoms. The molecule has 0 amide bonds. The van der Waals surface area contributed by atoms with Crippen molar-refractivity contribution in [3.63, 3.8) is 0 Å². The second-order valence-electron chi connectivity index (χ2n) is 3.91. The van der Waals surface area contributed by atoms with Crippen molar-refractivity contribution in [2.24, 2.45) is 0 Å². The third kappa shape index (κ3) is 2.91. The summed E-state index contributed by atoms with van der Waals surface area (Å²) in [6, 6.07) is 10.3. The highest BCUT2D eigenvalue weighted by atomic mass is 19.4. The lowest BCUT2D eigenvalue weighted by molar-refractivity contribution is -0.137. The molecule has 0 radical (unpaired) electrons. The fourth-order valence-corrected chi connectivity index (χ4v) is 1.78. The van der Waals surface area contributed by atoms with Crippen LogP contribution in [-0.4, -0.2) is 4.98 Å². The molecule has 0 N–H and O–H groups in total. The molecule has 0 fully saturated rings. The summed E-state index contributed by atoms with van der Waals surface area (Å²) in [5.41, 5.74) is 0.726. The predicted molar refractivity (Wildman–Crippen MR) is 64.0 cm³/mol. The minimum Gasteiger partial charge on any atom is -0.260 e. The van der Waals surface area contributed by atoms with E-state index in [1.54, 1.807) is 18.2 Å². The van der Waals surface area contributed by atoms with Crippen LogP contribution in [0.25, 0.3) is 11.1 Å². The Labute approximate surface area is 108 Å². The molecule has 0 aliphatic carbocycles. The van der Waals surface area contributed by atoms with Gasteiger partial charge in [-0.05, 0) is 23.8 Å². The highest BCUT2D eigenvalue weighted by Gasteiger charge is 2.30. The summed E-state index contributed by atoms with van der Waals surface area (Å²) in [7, 11) is 0. The highest BCUT2D eigenvalue weighted by molar-refractivity contribution is 5.67. The van der Waals surface area contributed by atoms with E-state index < -0.39 is 11.7 Å². The first-order valence-corrected chi connectivity index (χ1v) is 5.51. The van der Waals surface area contributed by atoms with Crippen LogP contribution < -0.4 is 0 Å². The van der Waals surface area contributed by atoms with Gasteiger partial charge in [0.05, 0.1) is 23.7 Å². The zero-order chi connectivity index (χ0) is 13.9. The predicted octanol–water partition coefficient (Wildman–Crippen LogP) is 3.83. The van der Waals surface area contributed by atoms with Crippen LogP contribution in [0.2, 0.25) is 0 Å². The molecular formula is C14H9F3N2. The van der Waals surface area contributed by atoms with E-state index in [9.17, 15) is 13.2 Å². The lowest BCUT2D eigenvalue weighted by atomic mass is 10.0. The summed E-state index contributed by atoms with van der Waals surface area (Å²) < 4.78 is 38.0. The van der Waals surface area contributed by atoms with Gasteiger partial charge in [0.2, 0.25) is 0 Å². The fourth-order valence-electron chi connectivity index (χ4n) is 1.78. The van der Waals surface area contributed by atoms with Gasteiger partial charge in [0.1, 0.15) is 0 Å². The molecular weight excluding hydrogens is 253 g/mol. The van der Waals surface area contributed by atoms with Gasteiger partial charge >= 0.3 is 6.18 Å². The minimum atomic E-state index is -4.38. The van der Waals surface area contributed by atoms with Gasteiger partial charge < -0.3 is 0 Å². The average molecular weight is 262 g/mol. The molecule has 96 valence electrons. The summed E-state index contributed by atoms with van der Waals surface area (Å²) in [5.74, 6) is 0. The van der Waals surface area contributed by atoms with Crippen LogP contribution in [0.1, 0.15) is 11.3 Å². The van der Waals surface area contributed by atoms with Crippen molar-refractivity contribution in [3.8, 4) is 17.2 Å². The molecule has 0 atom stereocenters. The zero-order valence-electron chi connectivity index (χ0n) is 9.78. The maximum atomic E-state index is 12.7. The number of hydrogen-bond donors (Lipinski definition) is 0. The molecule has 0 saturated heterocycles. The Morgan fingerprint density at radius 2 is 1.95 bits per heavy atom. The molecule has 0 unspecified atom stereocenters. The second-order valence-corrected chi connectivity index (χ2v) is 3.91. The molecule has 5 heteroatoms. The largest absolute Gasteiger partial charge is 0.416 e. The first kappa shape index (κ1) is 13.1. The maximum absolute atomic E-state index is 12.7. The van der Waals surface area contributed by atoms with Crippen molar-refractivity contribution < 1.29 is 13.2 Å². The first-order chi connectivity index (χ1) is 9.02. The normalized spacial score (nSPS) is 11.1. The smallest absolute Gasteiger partial charge is 0.260 e. The van der Waals surface area contributed by atoms with Gasteiger partial charge in [-0.15, -0.1) is 0 Å². The molecule has 0 aliphatic rings. The SMILES string of the molecule is N#CCc1ncccc1-c1cccc(C(F)(F)F)c1. The Bertz CT molecular complexity index is 627. The van der Waals surface area contributed by atoms with E-state index in [2.05, 4.69) is 4.98 Å². The van der Waals surface area contributed by atoms with Crippen molar-refractivity contribution in [2.45, 2.75) is 12.6 Å². The molecule has 1 aromatic carbocycles. The van der Waals surface area contributed by atoms with Crippen molar-refractivity contribution in [3.05, 3.63) is 53.9 Å². The quantitative estimate of drug-likeness (QED) is 0.824. The second kappa shape index (κ2) is 5.11. The topological polar surface area (TPSA) is 36.7 Å². The van der Waals surface area contributed by atoms with Crippen LogP contribution >= 0.6 is 0 Å². The Kier molecular flexibility index (Phi) is 3.52. The monoisotopic (exact) mass is 262 g/mol. The number of pyridine rings is 1. The number of halogens is 3. The highest BCUT2D eigenvalue weighted by Crippen LogP contribution is 2.32. The van der Waals surface area contributed by atoms with E-state index in [4.69, 9.17) is 5.26 Å². The Balaban J connectivity index is 2.51. The van der Waals surface area contributed by atoms with E-state index >= 15 is 0 Å². The summed E-state index contributed by atoms with van der Waals surface area (Å²) in [6.45, 7) is 0. The number of hydrogen-bond acceptors (Lipinski definition) is 2. The molecule has 2 aromatic rings. The fraction of sp³-hybridized carbons (Fsp3) is 0.143. The van der Waals surface area contributed by atoms with Crippen LogP contribution in [0.5, 0.6) is 0 Å². The van der Waals surface area contributed by atoms with E-state index in [0.29, 0.717) is 16.8 Å². The van der Waals surface area contributed by atoms with Gasteiger partial charge in [0.25, 0.3) is 0 Å². The standard InChI is InChI=1S/C14H9F3N2/c15-14(16,17)11-4-1-3-10(9-11)12-5-2-8-19-13(12)6-7-18/h1-5,8-9H,6H2. The number of nitrogens with zero attached hydrogens (tertiary/aromatic N) is 2. The van der Waals surface area contributed by atoms with E-state index in [0.717, 1.165) is 12.1 Å². The zero-order valence-corrected chi connectivity index (χ0v) is 9.78. The Morgan fingerprint density at radius 3 is 2.63 bits per heavy atom. The Morgan fingerprint density at radius 1 is 1.16 bits per heavy atom. The van der Waals surface area contributed by atoms with Gasteiger partial charge in [-0.2, -0.15) is 18.4 Å². The van der Waals surface area contributed by atoms with Crippen molar-refractivity contribution in [2.75, 3.05) is 0 Å². The molecule has 1 heterocycles. The number of benzene rings is 1. The molecule has 0 saturated carbocycles. The summed E-state index contributed by atoms with van der Waals surface area (Å²) in [5, 5.41) is 8.70. The lowest BCUT2D eigenvalue weighted by Crippen LogP contribution is -2.04. The van der Waals surface area contributed by atoms with Crippen molar-refractivity contribution in [1.82, 2.24) is 4.98 Å². The van der Waals surface area contributed by atoms with Crippen LogP contribution in [0.4, 0.5) is 13.2 Å². The average Bonchev–Trinajstić information content (AvgIpc) is 2.39. The summed E-state index contributed by atoms with van der Waals surface area (Å²) in [4.78, 5) is 4.03. The van der Waals surface area contributed by atoms with Gasteiger partial charge in [-0.25, -0.2) is 0 Å². The first-order valence-electron chi connectivity index (χ1n) is 5.51. The van der Waals surface area contributed by atoms with Gasteiger partial charge in [0.15, 0.2) is 0 Å². The van der Waals surface area contributed by atoms with Crippen molar-refractivity contribution >= 4 is 0 Å². The van der Waals surface area contributed by atoms with E-state index in [1.807, 2.05) is 6.07 Å². The number of alkyl halides is 3. The van der Waals surface area contributed by atoms with Gasteiger partial charge in [0, 0.05) is 11.8 Å². The summed E-state index contributed by atoms with van der Waals surface area (Å²) in [6.07, 6.45) is -2.80. The number of aromatic nitrogens is 1. The van der Waals surface area contributed by atoms with Crippen LogP contribution in [-0.2, 0) is 12.6 Å². The number of nitriles is 1. The van der Waals surface area contributed by atoms with E-state index in [-0.39, 0.29) is 6.42 Å². The molecule has 2 rings (SSSR count). The Hall–Kier alpha value is -2.35. The van der Waals surface area contributed by atoms with Gasteiger partial charge in [-0.3, -0.25) is 4.98 Å². The molecule has 2 nitrogen and oxygen atoms in total. The van der Waals surface area contributed by atoms with Crippen molar-refractivity contribution in [1.29, 1.82) is 5.26 Å². The third-order valence-corrected chi connectivity index (χ3v) is 2.64.